The minimum Gasteiger partial charge on any atom is -0.375 e. The average molecular weight is 605 g/mol. The number of nitrogens with one attached hydrogen (secondary N) is 2. The molecule has 10 nitrogen and oxygen atoms in total. The van der Waals surface area contributed by atoms with Gasteiger partial charge in [-0.05, 0) is 62.9 Å². The monoisotopic (exact) mass is 604 g/mol. The number of hydrogen-bond donors (Lipinski definition) is 2. The normalized spacial score (nSPS) is 22.0. The van der Waals surface area contributed by atoms with E-state index in [2.05, 4.69) is 27.3 Å². The third-order valence-corrected chi connectivity index (χ3v) is 9.18. The van der Waals surface area contributed by atoms with Gasteiger partial charge in [0.15, 0.2) is 0 Å². The average Bonchev–Trinajstić information content (AvgIpc) is 3.04. The first-order chi connectivity index (χ1) is 21.3. The zero-order valence-corrected chi connectivity index (χ0v) is 25.3. The van der Waals surface area contributed by atoms with Crippen molar-refractivity contribution in [2.75, 3.05) is 52.4 Å². The molecule has 4 heterocycles. The number of halogens is 1. The van der Waals surface area contributed by atoms with E-state index in [0.717, 1.165) is 50.7 Å². The highest BCUT2D eigenvalue weighted by Gasteiger charge is 2.30. The van der Waals surface area contributed by atoms with E-state index in [9.17, 15) is 18.8 Å². The number of rotatable bonds is 7. The molecule has 3 saturated heterocycles. The number of hydrogen-bond acceptors (Lipinski definition) is 7. The predicted molar refractivity (Wildman–Crippen MR) is 165 cm³/mol. The highest BCUT2D eigenvalue weighted by atomic mass is 19.1. The molecule has 0 unspecified atom stereocenters. The van der Waals surface area contributed by atoms with Crippen molar-refractivity contribution in [3.8, 4) is 0 Å². The lowest BCUT2D eigenvalue weighted by Crippen LogP contribution is -2.53. The van der Waals surface area contributed by atoms with Crippen LogP contribution in [0.25, 0.3) is 10.8 Å². The smallest absolute Gasteiger partial charge is 0.272 e. The van der Waals surface area contributed by atoms with Gasteiger partial charge in [0.1, 0.15) is 5.82 Å². The summed E-state index contributed by atoms with van der Waals surface area (Å²) in [5, 5.41) is 11.4. The summed E-state index contributed by atoms with van der Waals surface area (Å²) in [5.74, 6) is -0.906. The lowest BCUT2D eigenvalue weighted by atomic mass is 10.0. The van der Waals surface area contributed by atoms with Crippen molar-refractivity contribution in [2.24, 2.45) is 0 Å². The standard InChI is InChI=1S/C33H41FN6O4/c1-22-18-25(8-11-35-22)44-24-9-12-38(13-10-24)21-31(41)39-14-16-40(17-15-39)33(43)28-19-23(6-7-29(28)34)20-30-26-4-2-3-5-27(26)32(42)37-36-30/h2-7,19,22,24-25,35H,8-18,20-21H2,1H3,(H,37,42)/t22-,25+/m0/s1. The van der Waals surface area contributed by atoms with Gasteiger partial charge >= 0.3 is 0 Å². The first kappa shape index (κ1) is 30.4. The molecule has 2 aromatic carbocycles. The Morgan fingerprint density at radius 3 is 2.43 bits per heavy atom. The summed E-state index contributed by atoms with van der Waals surface area (Å²) in [6.45, 7) is 6.81. The van der Waals surface area contributed by atoms with Crippen LogP contribution in [0.5, 0.6) is 0 Å². The molecule has 3 aliphatic heterocycles. The number of ether oxygens (including phenoxy) is 1. The molecular formula is C33H41FN6O4. The van der Waals surface area contributed by atoms with E-state index >= 15 is 0 Å². The zero-order chi connectivity index (χ0) is 30.6. The van der Waals surface area contributed by atoms with E-state index in [1.807, 2.05) is 17.0 Å². The summed E-state index contributed by atoms with van der Waals surface area (Å²) in [6, 6.07) is 12.2. The number of likely N-dealkylation sites (tertiary alicyclic amines) is 1. The molecule has 2 amide bonds. The topological polar surface area (TPSA) is 111 Å². The predicted octanol–water partition coefficient (Wildman–Crippen LogP) is 2.56. The first-order valence-electron chi connectivity index (χ1n) is 15.8. The van der Waals surface area contributed by atoms with Crippen LogP contribution in [-0.4, -0.2) is 107 Å². The van der Waals surface area contributed by atoms with Crippen molar-refractivity contribution in [1.29, 1.82) is 0 Å². The van der Waals surface area contributed by atoms with Gasteiger partial charge in [0, 0.05) is 57.1 Å². The fourth-order valence-electron chi connectivity index (χ4n) is 6.65. The molecule has 0 saturated carbocycles. The van der Waals surface area contributed by atoms with Crippen LogP contribution >= 0.6 is 0 Å². The van der Waals surface area contributed by atoms with Crippen LogP contribution < -0.4 is 10.9 Å². The van der Waals surface area contributed by atoms with Crippen LogP contribution in [-0.2, 0) is 16.0 Å². The summed E-state index contributed by atoms with van der Waals surface area (Å²) >= 11 is 0. The first-order valence-corrected chi connectivity index (χ1v) is 15.8. The fraction of sp³-hybridized carbons (Fsp3) is 0.515. The molecule has 2 N–H and O–H groups in total. The maximum absolute atomic E-state index is 14.9. The number of amides is 2. The van der Waals surface area contributed by atoms with Gasteiger partial charge in [-0.2, -0.15) is 5.10 Å². The number of aromatic nitrogens is 2. The molecule has 0 bridgehead atoms. The fourth-order valence-corrected chi connectivity index (χ4v) is 6.65. The van der Waals surface area contributed by atoms with E-state index < -0.39 is 5.82 Å². The molecule has 44 heavy (non-hydrogen) atoms. The highest BCUT2D eigenvalue weighted by Crippen LogP contribution is 2.22. The number of benzene rings is 2. The maximum Gasteiger partial charge on any atom is 0.272 e. The molecule has 0 radical (unpaired) electrons. The molecule has 3 fully saturated rings. The quantitative estimate of drug-likeness (QED) is 0.427. The Morgan fingerprint density at radius 2 is 1.68 bits per heavy atom. The highest BCUT2D eigenvalue weighted by molar-refractivity contribution is 5.95. The number of aromatic amines is 1. The Hall–Kier alpha value is -3.67. The van der Waals surface area contributed by atoms with E-state index in [-0.39, 0.29) is 29.0 Å². The Balaban J connectivity index is 0.996. The largest absolute Gasteiger partial charge is 0.375 e. The number of carbonyl (C=O) groups is 2. The zero-order valence-electron chi connectivity index (χ0n) is 25.3. The lowest BCUT2D eigenvalue weighted by Gasteiger charge is -2.38. The van der Waals surface area contributed by atoms with Gasteiger partial charge in [0.05, 0.1) is 35.4 Å². The number of nitrogens with zero attached hydrogens (tertiary/aromatic N) is 4. The molecule has 2 atom stereocenters. The van der Waals surface area contributed by atoms with E-state index in [1.165, 1.54) is 6.07 Å². The summed E-state index contributed by atoms with van der Waals surface area (Å²) in [7, 11) is 0. The van der Waals surface area contributed by atoms with Crippen LogP contribution in [0.15, 0.2) is 47.3 Å². The van der Waals surface area contributed by atoms with Crippen molar-refractivity contribution < 1.29 is 18.7 Å². The van der Waals surface area contributed by atoms with Crippen LogP contribution in [0.3, 0.4) is 0 Å². The maximum atomic E-state index is 14.9. The molecule has 3 aliphatic rings. The number of piperidine rings is 2. The lowest BCUT2D eigenvalue weighted by molar-refractivity contribution is -0.135. The summed E-state index contributed by atoms with van der Waals surface area (Å²) in [6.07, 6.45) is 4.91. The minimum atomic E-state index is -0.585. The molecule has 234 valence electrons. The van der Waals surface area contributed by atoms with Crippen molar-refractivity contribution >= 4 is 22.6 Å². The molecule has 6 rings (SSSR count). The van der Waals surface area contributed by atoms with Gasteiger partial charge in [0.25, 0.3) is 11.5 Å². The number of fused-ring (bicyclic) bond motifs is 1. The summed E-state index contributed by atoms with van der Waals surface area (Å²) in [5.41, 5.74) is 1.09. The van der Waals surface area contributed by atoms with Crippen LogP contribution in [0.1, 0.15) is 54.2 Å². The Labute approximate surface area is 256 Å². The molecule has 1 aromatic heterocycles. The minimum absolute atomic E-state index is 0.0000405. The van der Waals surface area contributed by atoms with Gasteiger partial charge < -0.3 is 19.9 Å². The van der Waals surface area contributed by atoms with Gasteiger partial charge in [0.2, 0.25) is 5.91 Å². The van der Waals surface area contributed by atoms with Crippen molar-refractivity contribution in [1.82, 2.24) is 30.2 Å². The SMILES string of the molecule is C[C@H]1C[C@H](OC2CCN(CC(=O)N3CCN(C(=O)c4cc(Cc5n[nH]c(=O)c6ccccc56)ccc4F)CC3)CC2)CCN1. The number of piperazine rings is 1. The third kappa shape index (κ3) is 7.00. The Kier molecular flexibility index (Phi) is 9.34. The van der Waals surface area contributed by atoms with Crippen molar-refractivity contribution in [2.45, 2.75) is 57.3 Å². The Bertz CT molecular complexity index is 1550. The van der Waals surface area contributed by atoms with Crippen LogP contribution in [0, 0.1) is 5.82 Å². The second-order valence-corrected chi connectivity index (χ2v) is 12.3. The second kappa shape index (κ2) is 13.5. The molecule has 3 aromatic rings. The van der Waals surface area contributed by atoms with E-state index in [1.54, 1.807) is 29.2 Å². The van der Waals surface area contributed by atoms with E-state index in [4.69, 9.17) is 4.74 Å². The second-order valence-electron chi connectivity index (χ2n) is 12.3. The van der Waals surface area contributed by atoms with Crippen molar-refractivity contribution in [3.05, 3.63) is 75.5 Å². The third-order valence-electron chi connectivity index (χ3n) is 9.18. The number of carbonyl (C=O) groups excluding carboxylic acids is 2. The van der Waals surface area contributed by atoms with E-state index in [0.29, 0.717) is 67.9 Å². The van der Waals surface area contributed by atoms with Crippen molar-refractivity contribution in [3.63, 3.8) is 0 Å². The van der Waals surface area contributed by atoms with Gasteiger partial charge in [-0.3, -0.25) is 19.3 Å². The number of H-pyrrole nitrogens is 1. The molecule has 11 heteroatoms. The molecule has 0 aliphatic carbocycles. The summed E-state index contributed by atoms with van der Waals surface area (Å²) < 4.78 is 21.2. The summed E-state index contributed by atoms with van der Waals surface area (Å²) in [4.78, 5) is 44.2. The molecular weight excluding hydrogens is 563 g/mol. The van der Waals surface area contributed by atoms with Gasteiger partial charge in [-0.1, -0.05) is 24.3 Å². The van der Waals surface area contributed by atoms with Crippen LogP contribution in [0.2, 0.25) is 0 Å². The van der Waals surface area contributed by atoms with Crippen LogP contribution in [0.4, 0.5) is 4.39 Å². The molecule has 0 spiro atoms. The Morgan fingerprint density at radius 1 is 0.955 bits per heavy atom. The van der Waals surface area contributed by atoms with Gasteiger partial charge in [-0.25, -0.2) is 9.49 Å². The van der Waals surface area contributed by atoms with Gasteiger partial charge in [-0.15, -0.1) is 0 Å².